The van der Waals surface area contributed by atoms with Crippen LogP contribution < -0.4 is 0 Å². The van der Waals surface area contributed by atoms with E-state index in [9.17, 15) is 0 Å². The molecule has 4 rings (SSSR count). The van der Waals surface area contributed by atoms with Crippen molar-refractivity contribution in [3.05, 3.63) is 109 Å². The summed E-state index contributed by atoms with van der Waals surface area (Å²) < 4.78 is 0. The summed E-state index contributed by atoms with van der Waals surface area (Å²) in [6, 6.07) is 28.1. The summed E-state index contributed by atoms with van der Waals surface area (Å²) in [5.74, 6) is 0. The lowest BCUT2D eigenvalue weighted by Gasteiger charge is -2.04. The third-order valence-corrected chi connectivity index (χ3v) is 7.09. The van der Waals surface area contributed by atoms with Crippen molar-refractivity contribution in [2.24, 2.45) is 0 Å². The SMILES string of the molecule is C\C=C/C(=C\C=C\c1ccccc1)p1c2ccccc2c2ccccc21. The number of allylic oxidation sites excluding steroid dienone is 5. The Kier molecular flexibility index (Phi) is 4.86. The zero-order chi connectivity index (χ0) is 17.8. The van der Waals surface area contributed by atoms with Gasteiger partial charge in [-0.2, -0.15) is 0 Å². The van der Waals surface area contributed by atoms with Crippen LogP contribution in [0, 0.1) is 0 Å². The zero-order valence-electron chi connectivity index (χ0n) is 14.8. The minimum Gasteiger partial charge on any atom is -0.0867 e. The summed E-state index contributed by atoms with van der Waals surface area (Å²) in [5.41, 5.74) is 1.23. The Hall–Kier alpha value is -2.82. The van der Waals surface area contributed by atoms with E-state index < -0.39 is 7.53 Å². The molecule has 1 heteroatoms. The number of hydrogen-bond donors (Lipinski definition) is 0. The van der Waals surface area contributed by atoms with Crippen molar-refractivity contribution < 1.29 is 0 Å². The van der Waals surface area contributed by atoms with Crippen LogP contribution >= 0.6 is 7.53 Å². The normalized spacial score (nSPS) is 12.7. The van der Waals surface area contributed by atoms with E-state index in [1.54, 1.807) is 0 Å². The molecule has 1 heterocycles. The van der Waals surface area contributed by atoms with E-state index in [-0.39, 0.29) is 0 Å². The van der Waals surface area contributed by atoms with Gasteiger partial charge in [0.15, 0.2) is 0 Å². The second kappa shape index (κ2) is 7.60. The van der Waals surface area contributed by atoms with Crippen molar-refractivity contribution in [1.29, 1.82) is 0 Å². The molecule has 0 aliphatic heterocycles. The fraction of sp³-hybridized carbons (Fsp3) is 0.0400. The molecule has 0 saturated carbocycles. The maximum Gasteiger partial charge on any atom is 0.00683 e. The molecule has 0 radical (unpaired) electrons. The smallest absolute Gasteiger partial charge is 0.00683 e. The van der Waals surface area contributed by atoms with Crippen molar-refractivity contribution >= 4 is 39.9 Å². The summed E-state index contributed by atoms with van der Waals surface area (Å²) in [7, 11) is -0.504. The highest BCUT2D eigenvalue weighted by atomic mass is 31.1. The highest BCUT2D eigenvalue weighted by molar-refractivity contribution is 7.71. The van der Waals surface area contributed by atoms with Crippen molar-refractivity contribution in [2.75, 3.05) is 0 Å². The van der Waals surface area contributed by atoms with Gasteiger partial charge in [0.05, 0.1) is 0 Å². The molecular formula is C25H21P. The van der Waals surface area contributed by atoms with Gasteiger partial charge < -0.3 is 0 Å². The van der Waals surface area contributed by atoms with Gasteiger partial charge in [-0.3, -0.25) is 0 Å². The van der Waals surface area contributed by atoms with Gasteiger partial charge in [0, 0.05) is 10.2 Å². The van der Waals surface area contributed by atoms with Crippen LogP contribution in [0.1, 0.15) is 12.5 Å². The van der Waals surface area contributed by atoms with E-state index in [2.05, 4.69) is 110 Å². The van der Waals surface area contributed by atoms with Crippen LogP contribution in [0.5, 0.6) is 0 Å². The molecule has 0 nitrogen and oxygen atoms in total. The zero-order valence-corrected chi connectivity index (χ0v) is 15.7. The molecule has 0 aliphatic carbocycles. The van der Waals surface area contributed by atoms with E-state index in [0.717, 1.165) is 0 Å². The molecule has 0 aliphatic rings. The van der Waals surface area contributed by atoms with Crippen LogP contribution in [-0.4, -0.2) is 0 Å². The highest BCUT2D eigenvalue weighted by Crippen LogP contribution is 2.55. The Morgan fingerprint density at radius 2 is 1.31 bits per heavy atom. The Bertz CT molecular complexity index is 1070. The third-order valence-electron chi connectivity index (χ3n) is 4.53. The maximum absolute atomic E-state index is 2.29. The summed E-state index contributed by atoms with van der Waals surface area (Å²) >= 11 is 0. The monoisotopic (exact) mass is 352 g/mol. The van der Waals surface area contributed by atoms with Crippen molar-refractivity contribution in [3.63, 3.8) is 0 Å². The molecule has 0 N–H and O–H groups in total. The first kappa shape index (κ1) is 16.6. The Balaban J connectivity index is 1.89. The fourth-order valence-electron chi connectivity index (χ4n) is 3.40. The van der Waals surface area contributed by atoms with Crippen LogP contribution in [0.2, 0.25) is 0 Å². The first-order valence-corrected chi connectivity index (χ1v) is 10.3. The third kappa shape index (κ3) is 3.17. The molecule has 0 spiro atoms. The van der Waals surface area contributed by atoms with Gasteiger partial charge in [-0.05, 0) is 28.6 Å². The average Bonchev–Trinajstić information content (AvgIpc) is 3.03. The Morgan fingerprint density at radius 1 is 0.731 bits per heavy atom. The quantitative estimate of drug-likeness (QED) is 0.325. The van der Waals surface area contributed by atoms with E-state index in [1.165, 1.54) is 31.9 Å². The average molecular weight is 352 g/mol. The lowest BCUT2D eigenvalue weighted by molar-refractivity contribution is 1.66. The molecule has 3 aromatic carbocycles. The van der Waals surface area contributed by atoms with Gasteiger partial charge >= 0.3 is 0 Å². The summed E-state index contributed by atoms with van der Waals surface area (Å²) in [6.07, 6.45) is 11.0. The first-order valence-electron chi connectivity index (χ1n) is 8.93. The molecule has 26 heavy (non-hydrogen) atoms. The molecule has 1 aromatic heterocycles. The molecule has 126 valence electrons. The second-order valence-corrected chi connectivity index (χ2v) is 8.38. The lowest BCUT2D eigenvalue weighted by atomic mass is 10.2. The summed E-state index contributed by atoms with van der Waals surface area (Å²) in [4.78, 5) is 0. The predicted octanol–water partition coefficient (Wildman–Crippen LogP) is 8.11. The minimum absolute atomic E-state index is 0.504. The summed E-state index contributed by atoms with van der Waals surface area (Å²) in [5, 5.41) is 7.07. The topological polar surface area (TPSA) is 0 Å². The lowest BCUT2D eigenvalue weighted by Crippen LogP contribution is -1.69. The van der Waals surface area contributed by atoms with Gasteiger partial charge in [-0.1, -0.05) is 117 Å². The van der Waals surface area contributed by atoms with Gasteiger partial charge in [0.2, 0.25) is 0 Å². The molecule has 0 atom stereocenters. The van der Waals surface area contributed by atoms with Crippen LogP contribution in [0.15, 0.2) is 103 Å². The largest absolute Gasteiger partial charge is 0.0867 e. The second-order valence-electron chi connectivity index (χ2n) is 6.23. The number of fused-ring (bicyclic) bond motifs is 3. The van der Waals surface area contributed by atoms with Crippen molar-refractivity contribution in [3.8, 4) is 0 Å². The van der Waals surface area contributed by atoms with Gasteiger partial charge in [-0.15, -0.1) is 0 Å². The van der Waals surface area contributed by atoms with E-state index in [0.29, 0.717) is 0 Å². The highest BCUT2D eigenvalue weighted by Gasteiger charge is 2.12. The predicted molar refractivity (Wildman–Crippen MR) is 119 cm³/mol. The Labute approximate surface area is 155 Å². The number of benzene rings is 3. The Morgan fingerprint density at radius 3 is 1.92 bits per heavy atom. The molecule has 0 saturated heterocycles. The summed E-state index contributed by atoms with van der Waals surface area (Å²) in [6.45, 7) is 2.10. The van der Waals surface area contributed by atoms with E-state index >= 15 is 0 Å². The van der Waals surface area contributed by atoms with Crippen LogP contribution in [0.25, 0.3) is 32.4 Å². The number of hydrogen-bond acceptors (Lipinski definition) is 0. The first-order chi connectivity index (χ1) is 12.9. The minimum atomic E-state index is -0.504. The van der Waals surface area contributed by atoms with Crippen LogP contribution in [-0.2, 0) is 0 Å². The molecule has 0 bridgehead atoms. The van der Waals surface area contributed by atoms with Crippen molar-refractivity contribution in [1.82, 2.24) is 0 Å². The van der Waals surface area contributed by atoms with Crippen molar-refractivity contribution in [2.45, 2.75) is 6.92 Å². The molecule has 0 unspecified atom stereocenters. The van der Waals surface area contributed by atoms with Crippen LogP contribution in [0.4, 0.5) is 0 Å². The van der Waals surface area contributed by atoms with E-state index in [1.807, 2.05) is 6.07 Å². The fourth-order valence-corrected chi connectivity index (χ4v) is 6.09. The molecular weight excluding hydrogens is 331 g/mol. The standard InChI is InChI=1S/C25H21P/c1-2-11-21(15-10-14-20-12-4-3-5-13-20)26-24-18-8-6-16-22(24)23-17-7-9-19-25(23)26/h2-19H,1H3/b11-2-,14-10+,21-15+. The van der Waals surface area contributed by atoms with Gasteiger partial charge in [-0.25, -0.2) is 0 Å². The number of rotatable bonds is 4. The van der Waals surface area contributed by atoms with Gasteiger partial charge in [0.25, 0.3) is 0 Å². The van der Waals surface area contributed by atoms with E-state index in [4.69, 9.17) is 0 Å². The van der Waals surface area contributed by atoms with Crippen LogP contribution in [0.3, 0.4) is 0 Å². The van der Waals surface area contributed by atoms with Gasteiger partial charge in [0.1, 0.15) is 0 Å². The molecule has 4 aromatic rings. The molecule has 0 fully saturated rings. The molecule has 0 amide bonds. The maximum atomic E-state index is 2.29.